The SMILES string of the molecule is CC1(C)OC2OCC[C@@H]2O1. The first-order chi connectivity index (χ1) is 4.67. The molecular formula is C7H12O3. The zero-order valence-corrected chi connectivity index (χ0v) is 6.29. The van der Waals surface area contributed by atoms with Gasteiger partial charge in [0.15, 0.2) is 12.1 Å². The van der Waals surface area contributed by atoms with Crippen LogP contribution in [-0.4, -0.2) is 24.8 Å². The third-order valence-electron chi connectivity index (χ3n) is 1.82. The van der Waals surface area contributed by atoms with E-state index in [1.807, 2.05) is 13.8 Å². The van der Waals surface area contributed by atoms with Crippen LogP contribution in [0.1, 0.15) is 20.3 Å². The Morgan fingerprint density at radius 1 is 1.30 bits per heavy atom. The molecule has 2 atom stereocenters. The molecule has 3 heteroatoms. The van der Waals surface area contributed by atoms with Crippen LogP contribution in [0.4, 0.5) is 0 Å². The van der Waals surface area contributed by atoms with E-state index in [9.17, 15) is 0 Å². The molecule has 0 radical (unpaired) electrons. The maximum Gasteiger partial charge on any atom is 0.187 e. The lowest BCUT2D eigenvalue weighted by atomic mass is 10.3. The van der Waals surface area contributed by atoms with Crippen LogP contribution in [0.15, 0.2) is 0 Å². The Hall–Kier alpha value is -0.120. The van der Waals surface area contributed by atoms with E-state index >= 15 is 0 Å². The van der Waals surface area contributed by atoms with Gasteiger partial charge in [0.1, 0.15) is 6.10 Å². The fourth-order valence-electron chi connectivity index (χ4n) is 1.44. The van der Waals surface area contributed by atoms with Crippen LogP contribution in [0.2, 0.25) is 0 Å². The van der Waals surface area contributed by atoms with Crippen LogP contribution >= 0.6 is 0 Å². The molecule has 2 aliphatic rings. The Bertz CT molecular complexity index is 130. The summed E-state index contributed by atoms with van der Waals surface area (Å²) < 4.78 is 16.2. The van der Waals surface area contributed by atoms with Crippen LogP contribution < -0.4 is 0 Å². The Kier molecular flexibility index (Phi) is 1.27. The van der Waals surface area contributed by atoms with Crippen molar-refractivity contribution in [3.8, 4) is 0 Å². The monoisotopic (exact) mass is 144 g/mol. The lowest BCUT2D eigenvalue weighted by molar-refractivity contribution is -0.192. The van der Waals surface area contributed by atoms with Crippen LogP contribution in [0, 0.1) is 0 Å². The van der Waals surface area contributed by atoms with Gasteiger partial charge in [-0.05, 0) is 13.8 Å². The molecule has 0 spiro atoms. The van der Waals surface area contributed by atoms with Gasteiger partial charge in [0, 0.05) is 6.42 Å². The molecule has 10 heavy (non-hydrogen) atoms. The molecule has 0 aliphatic carbocycles. The molecule has 2 fully saturated rings. The average molecular weight is 144 g/mol. The van der Waals surface area contributed by atoms with Gasteiger partial charge in [-0.1, -0.05) is 0 Å². The van der Waals surface area contributed by atoms with Crippen molar-refractivity contribution >= 4 is 0 Å². The van der Waals surface area contributed by atoms with Crippen molar-refractivity contribution in [3.63, 3.8) is 0 Å². The van der Waals surface area contributed by atoms with Gasteiger partial charge < -0.3 is 14.2 Å². The van der Waals surface area contributed by atoms with Gasteiger partial charge in [0.05, 0.1) is 6.61 Å². The van der Waals surface area contributed by atoms with Gasteiger partial charge in [-0.15, -0.1) is 0 Å². The van der Waals surface area contributed by atoms with Gasteiger partial charge >= 0.3 is 0 Å². The van der Waals surface area contributed by atoms with Crippen molar-refractivity contribution in [2.75, 3.05) is 6.61 Å². The third-order valence-corrected chi connectivity index (χ3v) is 1.82. The number of fused-ring (bicyclic) bond motifs is 1. The van der Waals surface area contributed by atoms with Gasteiger partial charge in [0.25, 0.3) is 0 Å². The number of hydrogen-bond acceptors (Lipinski definition) is 3. The number of rotatable bonds is 0. The summed E-state index contributed by atoms with van der Waals surface area (Å²) in [5, 5.41) is 0. The minimum Gasteiger partial charge on any atom is -0.350 e. The lowest BCUT2D eigenvalue weighted by Crippen LogP contribution is -2.22. The predicted molar refractivity (Wildman–Crippen MR) is 34.4 cm³/mol. The second-order valence-electron chi connectivity index (χ2n) is 3.20. The first kappa shape index (κ1) is 6.58. The maximum absolute atomic E-state index is 5.53. The fourth-order valence-corrected chi connectivity index (χ4v) is 1.44. The van der Waals surface area contributed by atoms with Crippen molar-refractivity contribution in [2.24, 2.45) is 0 Å². The van der Waals surface area contributed by atoms with Crippen LogP contribution in [-0.2, 0) is 14.2 Å². The lowest BCUT2D eigenvalue weighted by Gasteiger charge is -2.17. The van der Waals surface area contributed by atoms with Gasteiger partial charge in [-0.3, -0.25) is 0 Å². The number of ether oxygens (including phenoxy) is 3. The Balaban J connectivity index is 2.07. The summed E-state index contributed by atoms with van der Waals surface area (Å²) in [6.07, 6.45) is 1.04. The zero-order chi connectivity index (χ0) is 7.19. The Morgan fingerprint density at radius 3 is 2.80 bits per heavy atom. The predicted octanol–water partition coefficient (Wildman–Crippen LogP) is 0.884. The third kappa shape index (κ3) is 0.944. The molecule has 2 rings (SSSR count). The summed E-state index contributed by atoms with van der Waals surface area (Å²) in [6.45, 7) is 4.59. The normalized spacial score (nSPS) is 43.8. The smallest absolute Gasteiger partial charge is 0.187 e. The van der Waals surface area contributed by atoms with E-state index in [0.29, 0.717) is 0 Å². The van der Waals surface area contributed by atoms with Gasteiger partial charge in [0.2, 0.25) is 0 Å². The fraction of sp³-hybridized carbons (Fsp3) is 1.00. The highest BCUT2D eigenvalue weighted by atomic mass is 16.8. The Labute approximate surface area is 60.3 Å². The van der Waals surface area contributed by atoms with Crippen LogP contribution in [0.5, 0.6) is 0 Å². The van der Waals surface area contributed by atoms with E-state index in [-0.39, 0.29) is 12.4 Å². The summed E-state index contributed by atoms with van der Waals surface area (Å²) in [7, 11) is 0. The molecule has 0 amide bonds. The summed E-state index contributed by atoms with van der Waals surface area (Å²) in [4.78, 5) is 0. The Morgan fingerprint density at radius 2 is 2.10 bits per heavy atom. The standard InChI is InChI=1S/C7H12O3/c1-7(2)9-5-3-4-8-6(5)10-7/h5-6H,3-4H2,1-2H3/t5-,6?/m0/s1. The van der Waals surface area contributed by atoms with Crippen molar-refractivity contribution in [2.45, 2.75) is 38.4 Å². The van der Waals surface area contributed by atoms with E-state index in [1.165, 1.54) is 0 Å². The summed E-state index contributed by atoms with van der Waals surface area (Å²) in [6, 6.07) is 0. The molecule has 0 aromatic rings. The second-order valence-corrected chi connectivity index (χ2v) is 3.20. The first-order valence-corrected chi connectivity index (χ1v) is 3.65. The molecule has 2 aliphatic heterocycles. The maximum atomic E-state index is 5.53. The molecule has 3 nitrogen and oxygen atoms in total. The molecule has 0 bridgehead atoms. The van der Waals surface area contributed by atoms with Crippen molar-refractivity contribution in [3.05, 3.63) is 0 Å². The highest BCUT2D eigenvalue weighted by Gasteiger charge is 2.44. The molecule has 1 unspecified atom stereocenters. The van der Waals surface area contributed by atoms with Crippen LogP contribution in [0.3, 0.4) is 0 Å². The van der Waals surface area contributed by atoms with E-state index in [0.717, 1.165) is 13.0 Å². The summed E-state index contributed by atoms with van der Waals surface area (Å²) >= 11 is 0. The highest BCUT2D eigenvalue weighted by Crippen LogP contribution is 2.33. The van der Waals surface area contributed by atoms with E-state index < -0.39 is 5.79 Å². The van der Waals surface area contributed by atoms with Gasteiger partial charge in [-0.25, -0.2) is 0 Å². The summed E-state index contributed by atoms with van der Waals surface area (Å²) in [5.74, 6) is -0.435. The van der Waals surface area contributed by atoms with Gasteiger partial charge in [-0.2, -0.15) is 0 Å². The minimum atomic E-state index is -0.435. The van der Waals surface area contributed by atoms with E-state index in [1.54, 1.807) is 0 Å². The first-order valence-electron chi connectivity index (χ1n) is 3.65. The average Bonchev–Trinajstić information content (AvgIpc) is 2.20. The number of hydrogen-bond donors (Lipinski definition) is 0. The molecule has 0 N–H and O–H groups in total. The van der Waals surface area contributed by atoms with E-state index in [4.69, 9.17) is 14.2 Å². The van der Waals surface area contributed by atoms with Crippen molar-refractivity contribution in [1.82, 2.24) is 0 Å². The molecule has 0 aromatic heterocycles. The highest BCUT2D eigenvalue weighted by molar-refractivity contribution is 4.79. The molecule has 2 heterocycles. The molecular weight excluding hydrogens is 132 g/mol. The van der Waals surface area contributed by atoms with E-state index in [2.05, 4.69) is 0 Å². The quantitative estimate of drug-likeness (QED) is 0.505. The second kappa shape index (κ2) is 1.94. The zero-order valence-electron chi connectivity index (χ0n) is 6.29. The molecule has 2 saturated heterocycles. The van der Waals surface area contributed by atoms with Crippen molar-refractivity contribution < 1.29 is 14.2 Å². The molecule has 0 saturated carbocycles. The van der Waals surface area contributed by atoms with Crippen molar-refractivity contribution in [1.29, 1.82) is 0 Å². The summed E-state index contributed by atoms with van der Waals surface area (Å²) in [5.41, 5.74) is 0. The molecule has 58 valence electrons. The van der Waals surface area contributed by atoms with Crippen LogP contribution in [0.25, 0.3) is 0 Å². The minimum absolute atomic E-state index is 0.102. The topological polar surface area (TPSA) is 27.7 Å². The largest absolute Gasteiger partial charge is 0.350 e. The molecule has 0 aromatic carbocycles.